The number of hydrogen-bond acceptors (Lipinski definition) is 4. The number of nitrogens with zero attached hydrogens (tertiary/aromatic N) is 2. The van der Waals surface area contributed by atoms with Crippen LogP contribution in [0.15, 0.2) is 18.3 Å². The molecule has 1 fully saturated rings. The molecule has 96 valence electrons. The van der Waals surface area contributed by atoms with Crippen molar-refractivity contribution in [2.24, 2.45) is 0 Å². The van der Waals surface area contributed by atoms with Crippen molar-refractivity contribution in [1.29, 1.82) is 5.26 Å². The van der Waals surface area contributed by atoms with Crippen molar-refractivity contribution in [1.82, 2.24) is 10.3 Å². The van der Waals surface area contributed by atoms with Gasteiger partial charge in [0.2, 0.25) is 0 Å². The normalized spacial score (nSPS) is 23.6. The second-order valence-electron chi connectivity index (χ2n) is 4.71. The first-order chi connectivity index (χ1) is 8.83. The van der Waals surface area contributed by atoms with E-state index in [2.05, 4.69) is 22.6 Å². The number of rotatable bonds is 4. The molecule has 1 aromatic rings. The summed E-state index contributed by atoms with van der Waals surface area (Å²) in [6.07, 6.45) is 9.18. The molecule has 0 radical (unpaired) electrons. The van der Waals surface area contributed by atoms with Crippen LogP contribution >= 0.6 is 11.8 Å². The lowest BCUT2D eigenvalue weighted by atomic mass is 9.94. The molecule has 0 amide bonds. The molecule has 1 saturated carbocycles. The Kier molecular flexibility index (Phi) is 5.03. The number of nitriles is 1. The molecule has 1 N–H and O–H groups in total. The first-order valence-electron chi connectivity index (χ1n) is 6.44. The maximum absolute atomic E-state index is 8.82. The Morgan fingerprint density at radius 2 is 2.33 bits per heavy atom. The molecule has 3 nitrogen and oxygen atoms in total. The van der Waals surface area contributed by atoms with E-state index in [-0.39, 0.29) is 0 Å². The minimum absolute atomic E-state index is 0.499. The second-order valence-corrected chi connectivity index (χ2v) is 5.78. The van der Waals surface area contributed by atoms with Gasteiger partial charge in [-0.3, -0.25) is 0 Å². The van der Waals surface area contributed by atoms with Crippen molar-refractivity contribution in [2.45, 2.75) is 43.5 Å². The summed E-state index contributed by atoms with van der Waals surface area (Å²) in [5.41, 5.74) is 1.64. The molecule has 0 aliphatic heterocycles. The molecule has 1 heterocycles. The van der Waals surface area contributed by atoms with Crippen LogP contribution in [0.1, 0.15) is 36.9 Å². The highest BCUT2D eigenvalue weighted by molar-refractivity contribution is 7.99. The Bertz CT molecular complexity index is 427. The number of hydrogen-bond donors (Lipinski definition) is 1. The third kappa shape index (κ3) is 3.47. The van der Waals surface area contributed by atoms with Crippen LogP contribution in [-0.2, 0) is 6.54 Å². The number of aromatic nitrogens is 1. The largest absolute Gasteiger partial charge is 0.309 e. The van der Waals surface area contributed by atoms with Gasteiger partial charge in [-0.25, -0.2) is 4.98 Å². The van der Waals surface area contributed by atoms with Gasteiger partial charge in [-0.05, 0) is 36.8 Å². The molecule has 2 rings (SSSR count). The maximum Gasteiger partial charge on any atom is 0.140 e. The van der Waals surface area contributed by atoms with Crippen LogP contribution in [0.25, 0.3) is 0 Å². The summed E-state index contributed by atoms with van der Waals surface area (Å²) in [7, 11) is 0. The molecular weight excluding hydrogens is 242 g/mol. The molecule has 0 spiro atoms. The van der Waals surface area contributed by atoms with Crippen molar-refractivity contribution in [2.75, 3.05) is 6.26 Å². The predicted molar refractivity (Wildman–Crippen MR) is 75.4 cm³/mol. The van der Waals surface area contributed by atoms with Crippen LogP contribution in [0.3, 0.4) is 0 Å². The Hall–Kier alpha value is -1.05. The van der Waals surface area contributed by atoms with Crippen molar-refractivity contribution < 1.29 is 0 Å². The van der Waals surface area contributed by atoms with Crippen LogP contribution in [0.5, 0.6) is 0 Å². The van der Waals surface area contributed by atoms with E-state index in [1.165, 1.54) is 25.7 Å². The van der Waals surface area contributed by atoms with E-state index in [4.69, 9.17) is 5.26 Å². The van der Waals surface area contributed by atoms with E-state index < -0.39 is 0 Å². The van der Waals surface area contributed by atoms with E-state index in [0.29, 0.717) is 11.7 Å². The summed E-state index contributed by atoms with van der Waals surface area (Å²) >= 11 is 1.97. The molecule has 2 atom stereocenters. The van der Waals surface area contributed by atoms with Crippen LogP contribution < -0.4 is 5.32 Å². The third-order valence-electron chi connectivity index (χ3n) is 3.51. The lowest BCUT2D eigenvalue weighted by Gasteiger charge is -2.31. The fraction of sp³-hybridized carbons (Fsp3) is 0.571. The van der Waals surface area contributed by atoms with E-state index in [1.807, 2.05) is 23.9 Å². The van der Waals surface area contributed by atoms with Gasteiger partial charge in [0.05, 0.1) is 0 Å². The summed E-state index contributed by atoms with van der Waals surface area (Å²) in [6, 6.07) is 6.53. The fourth-order valence-electron chi connectivity index (χ4n) is 2.51. The smallest absolute Gasteiger partial charge is 0.140 e. The average molecular weight is 261 g/mol. The SMILES string of the molecule is CSC1CCCCC1NCc1ccnc(C#N)c1. The predicted octanol–water partition coefficient (Wildman–Crippen LogP) is 2.72. The zero-order valence-corrected chi connectivity index (χ0v) is 11.5. The molecule has 4 heteroatoms. The highest BCUT2D eigenvalue weighted by Gasteiger charge is 2.23. The van der Waals surface area contributed by atoms with Gasteiger partial charge < -0.3 is 5.32 Å². The van der Waals surface area contributed by atoms with Gasteiger partial charge in [-0.15, -0.1) is 0 Å². The molecule has 1 aliphatic rings. The number of thioether (sulfide) groups is 1. The van der Waals surface area contributed by atoms with Gasteiger partial charge in [0, 0.05) is 24.0 Å². The Balaban J connectivity index is 1.91. The quantitative estimate of drug-likeness (QED) is 0.905. The molecule has 1 aromatic heterocycles. The number of pyridine rings is 1. The standard InChI is InChI=1S/C14H19N3S/c1-18-14-5-3-2-4-13(14)17-10-11-6-7-16-12(8-11)9-15/h6-8,13-14,17H,2-5,10H2,1H3. The van der Waals surface area contributed by atoms with Gasteiger partial charge in [-0.2, -0.15) is 17.0 Å². The molecule has 1 aliphatic carbocycles. The molecule has 0 aromatic carbocycles. The van der Waals surface area contributed by atoms with E-state index in [0.717, 1.165) is 17.4 Å². The molecule has 2 unspecified atom stereocenters. The summed E-state index contributed by atoms with van der Waals surface area (Å²) < 4.78 is 0. The second kappa shape index (κ2) is 6.77. The van der Waals surface area contributed by atoms with Crippen molar-refractivity contribution in [3.63, 3.8) is 0 Å². The van der Waals surface area contributed by atoms with Crippen LogP contribution in [0, 0.1) is 11.3 Å². The van der Waals surface area contributed by atoms with Gasteiger partial charge >= 0.3 is 0 Å². The Morgan fingerprint density at radius 1 is 1.50 bits per heavy atom. The fourth-order valence-corrected chi connectivity index (χ4v) is 3.47. The van der Waals surface area contributed by atoms with Crippen molar-refractivity contribution >= 4 is 11.8 Å². The third-order valence-corrected chi connectivity index (χ3v) is 4.68. The first-order valence-corrected chi connectivity index (χ1v) is 7.73. The van der Waals surface area contributed by atoms with Gasteiger partial charge in [0.15, 0.2) is 0 Å². The Labute approximate surface area is 113 Å². The zero-order chi connectivity index (χ0) is 12.8. The summed E-state index contributed by atoms with van der Waals surface area (Å²) in [5, 5.41) is 13.2. The lowest BCUT2D eigenvalue weighted by Crippen LogP contribution is -2.39. The molecule has 0 saturated heterocycles. The Morgan fingerprint density at radius 3 is 3.11 bits per heavy atom. The van der Waals surface area contributed by atoms with E-state index >= 15 is 0 Å². The lowest BCUT2D eigenvalue weighted by molar-refractivity contribution is 0.383. The molecule has 0 bridgehead atoms. The van der Waals surface area contributed by atoms with Crippen LogP contribution in [0.4, 0.5) is 0 Å². The molecular formula is C14H19N3S. The van der Waals surface area contributed by atoms with Crippen molar-refractivity contribution in [3.8, 4) is 6.07 Å². The highest BCUT2D eigenvalue weighted by Crippen LogP contribution is 2.27. The average Bonchev–Trinajstić information content (AvgIpc) is 2.45. The van der Waals surface area contributed by atoms with Gasteiger partial charge in [0.1, 0.15) is 11.8 Å². The highest BCUT2D eigenvalue weighted by atomic mass is 32.2. The summed E-state index contributed by atoms with van der Waals surface area (Å²) in [6.45, 7) is 0.832. The summed E-state index contributed by atoms with van der Waals surface area (Å²) in [5.74, 6) is 0. The minimum atomic E-state index is 0.499. The van der Waals surface area contributed by atoms with Crippen LogP contribution in [-0.4, -0.2) is 22.5 Å². The summed E-state index contributed by atoms with van der Waals surface area (Å²) in [4.78, 5) is 3.99. The van der Waals surface area contributed by atoms with E-state index in [9.17, 15) is 0 Å². The van der Waals surface area contributed by atoms with Crippen molar-refractivity contribution in [3.05, 3.63) is 29.6 Å². The first kappa shape index (κ1) is 13.4. The van der Waals surface area contributed by atoms with Crippen LogP contribution in [0.2, 0.25) is 0 Å². The topological polar surface area (TPSA) is 48.7 Å². The minimum Gasteiger partial charge on any atom is -0.309 e. The van der Waals surface area contributed by atoms with Gasteiger partial charge in [0.25, 0.3) is 0 Å². The maximum atomic E-state index is 8.82. The van der Waals surface area contributed by atoms with Gasteiger partial charge in [-0.1, -0.05) is 12.8 Å². The monoisotopic (exact) mass is 261 g/mol. The zero-order valence-electron chi connectivity index (χ0n) is 10.7. The van der Waals surface area contributed by atoms with E-state index in [1.54, 1.807) is 6.20 Å². The number of nitrogens with one attached hydrogen (secondary N) is 1. The molecule has 18 heavy (non-hydrogen) atoms.